The number of phenolic OH excluding ortho intramolecular Hbond substituents is 1. The zero-order valence-electron chi connectivity index (χ0n) is 7.70. The number of rotatable bonds is 3. The first-order valence-corrected chi connectivity index (χ1v) is 4.40. The van der Waals surface area contributed by atoms with Crippen LogP contribution in [0.25, 0.3) is 0 Å². The number of ether oxygens (including phenoxy) is 1. The van der Waals surface area contributed by atoms with Crippen molar-refractivity contribution in [3.63, 3.8) is 0 Å². The van der Waals surface area contributed by atoms with Crippen LogP contribution in [0.15, 0.2) is 12.1 Å². The Morgan fingerprint density at radius 2 is 2.21 bits per heavy atom. The Hall–Kier alpha value is -0.970. The first-order valence-electron chi connectivity index (χ1n) is 4.03. The van der Waals surface area contributed by atoms with E-state index in [1.807, 2.05) is 0 Å². The van der Waals surface area contributed by atoms with E-state index in [0.29, 0.717) is 5.56 Å². The zero-order valence-corrected chi connectivity index (χ0v) is 8.45. The second-order valence-corrected chi connectivity index (χ2v) is 3.25. The maximum Gasteiger partial charge on any atom is 0.176 e. The fraction of sp³-hybridized carbons (Fsp3) is 0.333. The first kappa shape index (κ1) is 11.1. The van der Waals surface area contributed by atoms with Crippen LogP contribution in [-0.2, 0) is 0 Å². The van der Waals surface area contributed by atoms with Gasteiger partial charge >= 0.3 is 0 Å². The van der Waals surface area contributed by atoms with Gasteiger partial charge in [-0.25, -0.2) is 0 Å². The molecule has 0 radical (unpaired) electrons. The standard InChI is InChI=1S/C9H12ClNO3/c1-14-8-3-5(7(11)4-12)2-6(10)9(8)13/h2-3,7,12-13H,4,11H2,1H3/t7-/m1/s1. The fourth-order valence-electron chi connectivity index (χ4n) is 1.07. The summed E-state index contributed by atoms with van der Waals surface area (Å²) >= 11 is 5.73. The van der Waals surface area contributed by atoms with Crippen LogP contribution in [0.1, 0.15) is 11.6 Å². The SMILES string of the molecule is COc1cc([C@H](N)CO)cc(Cl)c1O. The largest absolute Gasteiger partial charge is 0.503 e. The molecule has 0 saturated heterocycles. The third-order valence-corrected chi connectivity index (χ3v) is 2.18. The molecule has 4 N–H and O–H groups in total. The number of phenols is 1. The van der Waals surface area contributed by atoms with E-state index in [2.05, 4.69) is 0 Å². The molecule has 1 rings (SSSR count). The molecule has 1 atom stereocenters. The first-order chi connectivity index (χ1) is 6.60. The van der Waals surface area contributed by atoms with Gasteiger partial charge in [-0.1, -0.05) is 11.6 Å². The van der Waals surface area contributed by atoms with E-state index in [1.54, 1.807) is 6.07 Å². The third kappa shape index (κ3) is 2.09. The molecule has 0 heterocycles. The molecule has 1 aromatic rings. The molecule has 1 aromatic carbocycles. The summed E-state index contributed by atoms with van der Waals surface area (Å²) in [5.41, 5.74) is 6.21. The summed E-state index contributed by atoms with van der Waals surface area (Å²) in [7, 11) is 1.42. The van der Waals surface area contributed by atoms with Gasteiger partial charge in [0, 0.05) is 0 Å². The molecule has 0 aromatic heterocycles. The van der Waals surface area contributed by atoms with Gasteiger partial charge in [0.05, 0.1) is 24.8 Å². The van der Waals surface area contributed by atoms with Gasteiger partial charge in [-0.05, 0) is 17.7 Å². The van der Waals surface area contributed by atoms with Crippen molar-refractivity contribution in [1.82, 2.24) is 0 Å². The lowest BCUT2D eigenvalue weighted by atomic mass is 10.1. The Morgan fingerprint density at radius 1 is 1.57 bits per heavy atom. The number of aliphatic hydroxyl groups is 1. The predicted octanol–water partition coefficient (Wildman–Crippen LogP) is 1.05. The summed E-state index contributed by atoms with van der Waals surface area (Å²) in [6.07, 6.45) is 0. The van der Waals surface area contributed by atoms with Gasteiger partial charge in [-0.3, -0.25) is 0 Å². The van der Waals surface area contributed by atoms with Crippen molar-refractivity contribution in [2.45, 2.75) is 6.04 Å². The van der Waals surface area contributed by atoms with E-state index < -0.39 is 6.04 Å². The minimum Gasteiger partial charge on any atom is -0.503 e. The second kappa shape index (κ2) is 4.50. The molecular formula is C9H12ClNO3. The fourth-order valence-corrected chi connectivity index (χ4v) is 1.29. The molecule has 0 bridgehead atoms. The molecule has 5 heteroatoms. The normalized spacial score (nSPS) is 12.6. The van der Waals surface area contributed by atoms with Gasteiger partial charge in [-0.2, -0.15) is 0 Å². The van der Waals surface area contributed by atoms with Gasteiger partial charge in [0.25, 0.3) is 0 Å². The van der Waals surface area contributed by atoms with Crippen molar-refractivity contribution >= 4 is 11.6 Å². The lowest BCUT2D eigenvalue weighted by Crippen LogP contribution is -2.14. The maximum atomic E-state index is 9.42. The number of aromatic hydroxyl groups is 1. The van der Waals surface area contributed by atoms with Crippen molar-refractivity contribution in [2.24, 2.45) is 5.73 Å². The number of hydrogen-bond donors (Lipinski definition) is 3. The molecular weight excluding hydrogens is 206 g/mol. The lowest BCUT2D eigenvalue weighted by molar-refractivity contribution is 0.267. The summed E-state index contributed by atoms with van der Waals surface area (Å²) in [6.45, 7) is -0.190. The summed E-state index contributed by atoms with van der Waals surface area (Å²) in [6, 6.07) is 2.52. The van der Waals surface area contributed by atoms with E-state index >= 15 is 0 Å². The number of hydrogen-bond acceptors (Lipinski definition) is 4. The Kier molecular flexibility index (Phi) is 3.57. The molecule has 0 saturated carbocycles. The molecule has 0 aliphatic carbocycles. The van der Waals surface area contributed by atoms with Crippen LogP contribution >= 0.6 is 11.6 Å². The molecule has 0 aliphatic heterocycles. The highest BCUT2D eigenvalue weighted by molar-refractivity contribution is 6.32. The summed E-state index contributed by atoms with van der Waals surface area (Å²) < 4.78 is 4.89. The number of benzene rings is 1. The van der Waals surface area contributed by atoms with Crippen LogP contribution in [0.4, 0.5) is 0 Å². The third-order valence-electron chi connectivity index (χ3n) is 1.90. The number of methoxy groups -OCH3 is 1. The number of aliphatic hydroxyl groups excluding tert-OH is 1. The molecule has 0 spiro atoms. The highest BCUT2D eigenvalue weighted by Gasteiger charge is 2.12. The van der Waals surface area contributed by atoms with Crippen molar-refractivity contribution in [3.05, 3.63) is 22.7 Å². The van der Waals surface area contributed by atoms with Gasteiger partial charge in [0.2, 0.25) is 0 Å². The number of nitrogens with two attached hydrogens (primary N) is 1. The van der Waals surface area contributed by atoms with Crippen LogP contribution in [0, 0.1) is 0 Å². The van der Waals surface area contributed by atoms with Crippen molar-refractivity contribution < 1.29 is 14.9 Å². The average molecular weight is 218 g/mol. The monoisotopic (exact) mass is 217 g/mol. The Bertz CT molecular complexity index is 330. The van der Waals surface area contributed by atoms with Gasteiger partial charge < -0.3 is 20.7 Å². The van der Waals surface area contributed by atoms with Gasteiger partial charge in [0.15, 0.2) is 11.5 Å². The Balaban J connectivity index is 3.16. The highest BCUT2D eigenvalue weighted by atomic mass is 35.5. The van der Waals surface area contributed by atoms with Gasteiger partial charge in [-0.15, -0.1) is 0 Å². The molecule has 0 amide bonds. The minimum absolute atomic E-state index is 0.122. The number of halogens is 1. The maximum absolute atomic E-state index is 9.42. The van der Waals surface area contributed by atoms with E-state index in [-0.39, 0.29) is 23.1 Å². The minimum atomic E-state index is -0.526. The van der Waals surface area contributed by atoms with Crippen LogP contribution in [0.2, 0.25) is 5.02 Å². The smallest absolute Gasteiger partial charge is 0.176 e. The van der Waals surface area contributed by atoms with Crippen LogP contribution < -0.4 is 10.5 Å². The van der Waals surface area contributed by atoms with E-state index in [0.717, 1.165) is 0 Å². The van der Waals surface area contributed by atoms with E-state index in [4.69, 9.17) is 27.2 Å². The molecule has 0 aliphatic rings. The Labute approximate surface area is 86.9 Å². The summed E-state index contributed by atoms with van der Waals surface area (Å²) in [4.78, 5) is 0. The predicted molar refractivity (Wildman–Crippen MR) is 53.7 cm³/mol. The van der Waals surface area contributed by atoms with Crippen LogP contribution in [0.3, 0.4) is 0 Å². The lowest BCUT2D eigenvalue weighted by Gasteiger charge is -2.12. The van der Waals surface area contributed by atoms with Crippen molar-refractivity contribution in [1.29, 1.82) is 0 Å². The summed E-state index contributed by atoms with van der Waals surface area (Å²) in [5.74, 6) is 0.124. The second-order valence-electron chi connectivity index (χ2n) is 2.84. The molecule has 0 fully saturated rings. The van der Waals surface area contributed by atoms with Crippen LogP contribution in [-0.4, -0.2) is 23.9 Å². The highest BCUT2D eigenvalue weighted by Crippen LogP contribution is 2.36. The quantitative estimate of drug-likeness (QED) is 0.707. The van der Waals surface area contributed by atoms with E-state index in [1.165, 1.54) is 13.2 Å². The van der Waals surface area contributed by atoms with Crippen molar-refractivity contribution in [2.75, 3.05) is 13.7 Å². The Morgan fingerprint density at radius 3 is 2.71 bits per heavy atom. The van der Waals surface area contributed by atoms with Gasteiger partial charge in [0.1, 0.15) is 0 Å². The van der Waals surface area contributed by atoms with Crippen LogP contribution in [0.5, 0.6) is 11.5 Å². The topological polar surface area (TPSA) is 75.7 Å². The molecule has 4 nitrogen and oxygen atoms in total. The molecule has 0 unspecified atom stereocenters. The molecule has 78 valence electrons. The molecule has 14 heavy (non-hydrogen) atoms. The van der Waals surface area contributed by atoms with Crippen molar-refractivity contribution in [3.8, 4) is 11.5 Å². The van der Waals surface area contributed by atoms with E-state index in [9.17, 15) is 5.11 Å². The average Bonchev–Trinajstić information content (AvgIpc) is 2.20. The summed E-state index contributed by atoms with van der Waals surface area (Å²) in [5, 5.41) is 18.4. The zero-order chi connectivity index (χ0) is 10.7.